The quantitative estimate of drug-likeness (QED) is 0.679. The summed E-state index contributed by atoms with van der Waals surface area (Å²) in [6.45, 7) is 5.92. The zero-order valence-corrected chi connectivity index (χ0v) is 10.1. The highest BCUT2D eigenvalue weighted by Crippen LogP contribution is 2.26. The van der Waals surface area contributed by atoms with Crippen molar-refractivity contribution in [1.82, 2.24) is 4.90 Å². The number of rotatable bonds is 3. The lowest BCUT2D eigenvalue weighted by atomic mass is 10.1. The van der Waals surface area contributed by atoms with E-state index in [4.69, 9.17) is 10.00 Å². The van der Waals surface area contributed by atoms with Gasteiger partial charge in [-0.1, -0.05) is 0 Å². The van der Waals surface area contributed by atoms with E-state index >= 15 is 0 Å². The minimum Gasteiger partial charge on any atom is -0.395 e. The molecular formula is C11H20N2O3. The summed E-state index contributed by atoms with van der Waals surface area (Å²) in [6.07, 6.45) is -0.479. The van der Waals surface area contributed by atoms with E-state index in [0.29, 0.717) is 13.0 Å². The van der Waals surface area contributed by atoms with Crippen molar-refractivity contribution in [3.8, 4) is 6.07 Å². The van der Waals surface area contributed by atoms with Crippen molar-refractivity contribution in [1.29, 1.82) is 5.26 Å². The van der Waals surface area contributed by atoms with Crippen LogP contribution in [-0.2, 0) is 4.74 Å². The van der Waals surface area contributed by atoms with E-state index < -0.39 is 12.0 Å². The van der Waals surface area contributed by atoms with Crippen molar-refractivity contribution in [2.24, 2.45) is 5.92 Å². The largest absolute Gasteiger partial charge is 0.395 e. The third-order valence-corrected chi connectivity index (χ3v) is 2.59. The van der Waals surface area contributed by atoms with Crippen molar-refractivity contribution in [2.75, 3.05) is 13.2 Å². The molecule has 0 spiro atoms. The van der Waals surface area contributed by atoms with E-state index in [1.165, 1.54) is 0 Å². The van der Waals surface area contributed by atoms with Crippen LogP contribution in [0.5, 0.6) is 0 Å². The average molecular weight is 228 g/mol. The molecule has 1 heterocycles. The molecule has 2 N–H and O–H groups in total. The maximum absolute atomic E-state index is 9.88. The average Bonchev–Trinajstić information content (AvgIpc) is 2.58. The van der Waals surface area contributed by atoms with Crippen molar-refractivity contribution < 1.29 is 14.9 Å². The lowest BCUT2D eigenvalue weighted by molar-refractivity contribution is -0.244. The molecular weight excluding hydrogens is 208 g/mol. The van der Waals surface area contributed by atoms with E-state index in [1.54, 1.807) is 4.90 Å². The van der Waals surface area contributed by atoms with Gasteiger partial charge in [-0.2, -0.15) is 5.26 Å². The molecule has 1 aliphatic heterocycles. The normalized spacial score (nSPS) is 29.0. The minimum atomic E-state index is -1.06. The molecule has 0 aromatic carbocycles. The molecule has 3 atom stereocenters. The fourth-order valence-electron chi connectivity index (χ4n) is 1.87. The first-order valence-corrected chi connectivity index (χ1v) is 5.49. The second kappa shape index (κ2) is 5.11. The van der Waals surface area contributed by atoms with Gasteiger partial charge < -0.3 is 14.9 Å². The number of likely N-dealkylation sites (tertiary alicyclic amines) is 1. The van der Waals surface area contributed by atoms with Crippen LogP contribution in [0.25, 0.3) is 0 Å². The fourth-order valence-corrected chi connectivity index (χ4v) is 1.87. The van der Waals surface area contributed by atoms with Gasteiger partial charge in [-0.05, 0) is 27.2 Å². The standard InChI is InChI=1S/C11H20N2O3/c1-11(2,3)16-10(15)13-6-8(5-12)4-9(13)7-14/h8-10,14-15H,4,6-7H2,1-3H3/t8-,9-,10?/m0/s1. The minimum absolute atomic E-state index is 0.0667. The number of nitrogens with zero attached hydrogens (tertiary/aromatic N) is 2. The van der Waals surface area contributed by atoms with Gasteiger partial charge in [0.2, 0.25) is 6.41 Å². The van der Waals surface area contributed by atoms with Gasteiger partial charge in [0.25, 0.3) is 0 Å². The Morgan fingerprint density at radius 3 is 2.62 bits per heavy atom. The Hall–Kier alpha value is -0.670. The summed E-state index contributed by atoms with van der Waals surface area (Å²) >= 11 is 0. The van der Waals surface area contributed by atoms with Crippen LogP contribution >= 0.6 is 0 Å². The fraction of sp³-hybridized carbons (Fsp3) is 0.909. The molecule has 0 aromatic rings. The van der Waals surface area contributed by atoms with Gasteiger partial charge >= 0.3 is 0 Å². The van der Waals surface area contributed by atoms with E-state index in [1.807, 2.05) is 20.8 Å². The molecule has 0 amide bonds. The maximum Gasteiger partial charge on any atom is 0.216 e. The summed E-state index contributed by atoms with van der Waals surface area (Å²) in [6, 6.07) is 1.96. The maximum atomic E-state index is 9.88. The Morgan fingerprint density at radius 2 is 2.19 bits per heavy atom. The molecule has 92 valence electrons. The van der Waals surface area contributed by atoms with Gasteiger partial charge in [-0.15, -0.1) is 0 Å². The first-order chi connectivity index (χ1) is 7.37. The van der Waals surface area contributed by atoms with Crippen LogP contribution in [0.4, 0.5) is 0 Å². The lowest BCUT2D eigenvalue weighted by Crippen LogP contribution is -2.45. The van der Waals surface area contributed by atoms with Crippen LogP contribution in [0.15, 0.2) is 0 Å². The smallest absolute Gasteiger partial charge is 0.216 e. The zero-order chi connectivity index (χ0) is 12.3. The van der Waals surface area contributed by atoms with Gasteiger partial charge in [0, 0.05) is 12.6 Å². The first kappa shape index (κ1) is 13.4. The highest BCUT2D eigenvalue weighted by atomic mass is 16.6. The Balaban J connectivity index is 2.61. The molecule has 1 fully saturated rings. The molecule has 0 bridgehead atoms. The van der Waals surface area contributed by atoms with Crippen LogP contribution in [0.1, 0.15) is 27.2 Å². The summed E-state index contributed by atoms with van der Waals surface area (Å²) in [4.78, 5) is 1.64. The van der Waals surface area contributed by atoms with Crippen molar-refractivity contribution in [2.45, 2.75) is 45.2 Å². The predicted octanol–water partition coefficient (Wildman–Crippen LogP) is 0.284. The number of ether oxygens (including phenoxy) is 1. The van der Waals surface area contributed by atoms with Crippen molar-refractivity contribution in [3.05, 3.63) is 0 Å². The van der Waals surface area contributed by atoms with Crippen LogP contribution in [0.2, 0.25) is 0 Å². The van der Waals surface area contributed by atoms with Crippen molar-refractivity contribution in [3.63, 3.8) is 0 Å². The van der Waals surface area contributed by atoms with Crippen molar-refractivity contribution >= 4 is 0 Å². The Bertz CT molecular complexity index is 269. The van der Waals surface area contributed by atoms with E-state index in [9.17, 15) is 10.2 Å². The second-order valence-corrected chi connectivity index (χ2v) is 5.15. The Morgan fingerprint density at radius 1 is 1.56 bits per heavy atom. The monoisotopic (exact) mass is 228 g/mol. The van der Waals surface area contributed by atoms with Gasteiger partial charge in [0.05, 0.1) is 24.2 Å². The summed E-state index contributed by atoms with van der Waals surface area (Å²) in [5.74, 6) is -0.143. The molecule has 16 heavy (non-hydrogen) atoms. The van der Waals surface area contributed by atoms with Crippen LogP contribution < -0.4 is 0 Å². The lowest BCUT2D eigenvalue weighted by Gasteiger charge is -2.32. The van der Waals surface area contributed by atoms with E-state index in [2.05, 4.69) is 6.07 Å². The van der Waals surface area contributed by atoms with Gasteiger partial charge in [0.1, 0.15) is 0 Å². The molecule has 0 aliphatic carbocycles. The van der Waals surface area contributed by atoms with Gasteiger partial charge in [-0.3, -0.25) is 0 Å². The zero-order valence-electron chi connectivity index (χ0n) is 10.1. The van der Waals surface area contributed by atoms with Gasteiger partial charge in [0.15, 0.2) is 0 Å². The molecule has 1 unspecified atom stereocenters. The first-order valence-electron chi connectivity index (χ1n) is 5.49. The Labute approximate surface area is 96.2 Å². The number of aliphatic hydroxyl groups is 2. The molecule has 5 heteroatoms. The number of hydrogen-bond donors (Lipinski definition) is 2. The van der Waals surface area contributed by atoms with E-state index in [0.717, 1.165) is 0 Å². The second-order valence-electron chi connectivity index (χ2n) is 5.15. The van der Waals surface area contributed by atoms with E-state index in [-0.39, 0.29) is 18.6 Å². The third kappa shape index (κ3) is 3.42. The number of nitriles is 1. The van der Waals surface area contributed by atoms with Crippen LogP contribution in [-0.4, -0.2) is 46.3 Å². The summed E-state index contributed by atoms with van der Waals surface area (Å²) in [5, 5.41) is 27.9. The van der Waals surface area contributed by atoms with Gasteiger partial charge in [-0.25, -0.2) is 4.90 Å². The molecule has 0 saturated carbocycles. The molecule has 0 aromatic heterocycles. The molecule has 1 aliphatic rings. The highest BCUT2D eigenvalue weighted by molar-refractivity contribution is 4.95. The molecule has 1 saturated heterocycles. The topological polar surface area (TPSA) is 76.7 Å². The summed E-state index contributed by atoms with van der Waals surface area (Å²) in [7, 11) is 0. The van der Waals surface area contributed by atoms with Crippen LogP contribution in [0, 0.1) is 17.2 Å². The number of aliphatic hydroxyl groups excluding tert-OH is 2. The summed E-state index contributed by atoms with van der Waals surface area (Å²) in [5.41, 5.74) is -0.454. The molecule has 0 radical (unpaired) electrons. The SMILES string of the molecule is CC(C)(C)OC(O)N1C[C@H](C#N)C[C@H]1CO. The highest BCUT2D eigenvalue weighted by Gasteiger charge is 2.37. The third-order valence-electron chi connectivity index (χ3n) is 2.59. The predicted molar refractivity (Wildman–Crippen MR) is 58.1 cm³/mol. The summed E-state index contributed by atoms with van der Waals surface area (Å²) < 4.78 is 5.41. The molecule has 1 rings (SSSR count). The van der Waals surface area contributed by atoms with Crippen LogP contribution in [0.3, 0.4) is 0 Å². The molecule has 5 nitrogen and oxygen atoms in total. The Kier molecular flexibility index (Phi) is 4.28. The number of hydrogen-bond acceptors (Lipinski definition) is 5.